The molecule has 1 N–H and O–H groups in total. The summed E-state index contributed by atoms with van der Waals surface area (Å²) < 4.78 is 0. The maximum absolute atomic E-state index is 12.8. The van der Waals surface area contributed by atoms with Gasteiger partial charge in [0.25, 0.3) is 0 Å². The molecular weight excluding hydrogens is 254 g/mol. The maximum atomic E-state index is 12.8. The molecule has 114 valence electrons. The summed E-state index contributed by atoms with van der Waals surface area (Å²) in [5, 5.41) is 9.04. The van der Waals surface area contributed by atoms with E-state index >= 15 is 0 Å². The SMILES string of the molecule is CC(C)N(C(=O)C1CCC(C(=O)O)CC1)C1CCCC1. The van der Waals surface area contributed by atoms with Gasteiger partial charge in [0.2, 0.25) is 5.91 Å². The third-order valence-electron chi connectivity index (χ3n) is 4.95. The zero-order valence-electron chi connectivity index (χ0n) is 12.7. The van der Waals surface area contributed by atoms with Crippen molar-refractivity contribution >= 4 is 11.9 Å². The number of hydrogen-bond acceptors (Lipinski definition) is 2. The third kappa shape index (κ3) is 3.33. The van der Waals surface area contributed by atoms with Crippen molar-refractivity contribution in [1.82, 2.24) is 4.90 Å². The molecule has 2 fully saturated rings. The van der Waals surface area contributed by atoms with Crippen molar-refractivity contribution in [1.29, 1.82) is 0 Å². The van der Waals surface area contributed by atoms with E-state index in [0.29, 0.717) is 18.9 Å². The van der Waals surface area contributed by atoms with Crippen LogP contribution >= 0.6 is 0 Å². The first-order chi connectivity index (χ1) is 9.50. The van der Waals surface area contributed by atoms with Crippen molar-refractivity contribution in [2.75, 3.05) is 0 Å². The van der Waals surface area contributed by atoms with Gasteiger partial charge in [-0.1, -0.05) is 12.8 Å². The number of hydrogen-bond donors (Lipinski definition) is 1. The fourth-order valence-electron chi connectivity index (χ4n) is 3.84. The summed E-state index contributed by atoms with van der Waals surface area (Å²) in [5.41, 5.74) is 0. The zero-order chi connectivity index (χ0) is 14.7. The molecule has 2 saturated carbocycles. The molecule has 0 atom stereocenters. The maximum Gasteiger partial charge on any atom is 0.306 e. The van der Waals surface area contributed by atoms with Crippen LogP contribution in [0.25, 0.3) is 0 Å². The minimum Gasteiger partial charge on any atom is -0.481 e. The molecule has 0 aliphatic heterocycles. The first-order valence-corrected chi connectivity index (χ1v) is 8.05. The lowest BCUT2D eigenvalue weighted by molar-refractivity contribution is -0.147. The molecule has 0 spiro atoms. The second-order valence-corrected chi connectivity index (χ2v) is 6.66. The third-order valence-corrected chi connectivity index (χ3v) is 4.95. The number of carboxylic acids is 1. The van der Waals surface area contributed by atoms with Crippen LogP contribution in [-0.2, 0) is 9.59 Å². The molecule has 0 aromatic rings. The largest absolute Gasteiger partial charge is 0.481 e. The van der Waals surface area contributed by atoms with E-state index < -0.39 is 5.97 Å². The molecule has 1 amide bonds. The minimum atomic E-state index is -0.701. The summed E-state index contributed by atoms with van der Waals surface area (Å²) in [6, 6.07) is 0.669. The van der Waals surface area contributed by atoms with Gasteiger partial charge in [-0.15, -0.1) is 0 Å². The minimum absolute atomic E-state index is 0.0496. The summed E-state index contributed by atoms with van der Waals surface area (Å²) in [6.07, 6.45) is 7.52. The molecule has 2 rings (SSSR count). The second-order valence-electron chi connectivity index (χ2n) is 6.66. The van der Waals surface area contributed by atoms with E-state index in [1.54, 1.807) is 0 Å². The van der Waals surface area contributed by atoms with Gasteiger partial charge >= 0.3 is 5.97 Å². The van der Waals surface area contributed by atoms with Gasteiger partial charge in [0.15, 0.2) is 0 Å². The van der Waals surface area contributed by atoms with Crippen molar-refractivity contribution in [3.8, 4) is 0 Å². The number of nitrogens with zero attached hydrogens (tertiary/aromatic N) is 1. The predicted octanol–water partition coefficient (Wildman–Crippen LogP) is 3.06. The van der Waals surface area contributed by atoms with E-state index in [1.807, 2.05) is 0 Å². The molecule has 0 saturated heterocycles. The van der Waals surface area contributed by atoms with Crippen LogP contribution in [0.2, 0.25) is 0 Å². The lowest BCUT2D eigenvalue weighted by Crippen LogP contribution is -2.47. The molecule has 0 aromatic carbocycles. The fourth-order valence-corrected chi connectivity index (χ4v) is 3.84. The van der Waals surface area contributed by atoms with Gasteiger partial charge in [0.1, 0.15) is 0 Å². The van der Waals surface area contributed by atoms with E-state index in [2.05, 4.69) is 18.7 Å². The highest BCUT2D eigenvalue weighted by molar-refractivity contribution is 5.80. The van der Waals surface area contributed by atoms with E-state index in [4.69, 9.17) is 5.11 Å². The van der Waals surface area contributed by atoms with Crippen molar-refractivity contribution in [3.63, 3.8) is 0 Å². The monoisotopic (exact) mass is 281 g/mol. The van der Waals surface area contributed by atoms with Crippen LogP contribution in [-0.4, -0.2) is 34.0 Å². The van der Waals surface area contributed by atoms with Crippen LogP contribution in [0.1, 0.15) is 65.2 Å². The van der Waals surface area contributed by atoms with Crippen LogP contribution in [0.15, 0.2) is 0 Å². The lowest BCUT2D eigenvalue weighted by Gasteiger charge is -2.37. The quantitative estimate of drug-likeness (QED) is 0.861. The Morgan fingerprint density at radius 3 is 1.90 bits per heavy atom. The van der Waals surface area contributed by atoms with E-state index in [-0.39, 0.29) is 23.8 Å². The van der Waals surface area contributed by atoms with Crippen LogP contribution in [0.4, 0.5) is 0 Å². The van der Waals surface area contributed by atoms with Crippen molar-refractivity contribution < 1.29 is 14.7 Å². The molecule has 0 bridgehead atoms. The van der Waals surface area contributed by atoms with E-state index in [1.165, 1.54) is 12.8 Å². The molecule has 0 aromatic heterocycles. The summed E-state index contributed by atoms with van der Waals surface area (Å²) in [4.78, 5) is 25.9. The second kappa shape index (κ2) is 6.59. The van der Waals surface area contributed by atoms with Crippen molar-refractivity contribution in [2.24, 2.45) is 11.8 Å². The number of aliphatic carboxylic acids is 1. The Labute approximate surface area is 121 Å². The number of carbonyl (C=O) groups is 2. The Hall–Kier alpha value is -1.06. The van der Waals surface area contributed by atoms with Gasteiger partial charge in [-0.25, -0.2) is 0 Å². The van der Waals surface area contributed by atoms with Gasteiger partial charge in [-0.05, 0) is 52.4 Å². The molecule has 0 heterocycles. The van der Waals surface area contributed by atoms with Crippen molar-refractivity contribution in [3.05, 3.63) is 0 Å². The highest BCUT2D eigenvalue weighted by Crippen LogP contribution is 2.33. The summed E-state index contributed by atoms with van der Waals surface area (Å²) in [5.74, 6) is -0.616. The number of carbonyl (C=O) groups excluding carboxylic acids is 1. The standard InChI is InChI=1S/C16H27NO3/c1-11(2)17(14-5-3-4-6-14)15(18)12-7-9-13(10-8-12)16(19)20/h11-14H,3-10H2,1-2H3,(H,19,20). The molecule has 0 unspecified atom stereocenters. The van der Waals surface area contributed by atoms with Crippen LogP contribution < -0.4 is 0 Å². The normalized spacial score (nSPS) is 27.8. The highest BCUT2D eigenvalue weighted by Gasteiger charge is 2.36. The molecule has 4 nitrogen and oxygen atoms in total. The molecule has 20 heavy (non-hydrogen) atoms. The average Bonchev–Trinajstić information content (AvgIpc) is 2.92. The Morgan fingerprint density at radius 1 is 0.950 bits per heavy atom. The number of amides is 1. The average molecular weight is 281 g/mol. The molecule has 0 radical (unpaired) electrons. The Kier molecular flexibility index (Phi) is 5.06. The van der Waals surface area contributed by atoms with Gasteiger partial charge in [-0.3, -0.25) is 9.59 Å². The van der Waals surface area contributed by atoms with Gasteiger partial charge < -0.3 is 10.0 Å². The first-order valence-electron chi connectivity index (χ1n) is 8.05. The molecular formula is C16H27NO3. The summed E-state index contributed by atoms with van der Waals surface area (Å²) in [7, 11) is 0. The highest BCUT2D eigenvalue weighted by atomic mass is 16.4. The summed E-state index contributed by atoms with van der Waals surface area (Å²) >= 11 is 0. The predicted molar refractivity (Wildman–Crippen MR) is 77.3 cm³/mol. The van der Waals surface area contributed by atoms with Gasteiger partial charge in [0.05, 0.1) is 5.92 Å². The molecule has 2 aliphatic rings. The van der Waals surface area contributed by atoms with Crippen LogP contribution in [0.5, 0.6) is 0 Å². The van der Waals surface area contributed by atoms with Crippen molar-refractivity contribution in [2.45, 2.75) is 77.3 Å². The Balaban J connectivity index is 1.96. The van der Waals surface area contributed by atoms with E-state index in [0.717, 1.165) is 25.7 Å². The lowest BCUT2D eigenvalue weighted by atomic mass is 9.81. The fraction of sp³-hybridized carbons (Fsp3) is 0.875. The number of rotatable bonds is 4. The number of carboxylic acid groups (broad SMARTS) is 1. The molecule has 4 heteroatoms. The Bertz CT molecular complexity index is 353. The smallest absolute Gasteiger partial charge is 0.306 e. The van der Waals surface area contributed by atoms with Gasteiger partial charge in [-0.2, -0.15) is 0 Å². The first kappa shape index (κ1) is 15.3. The van der Waals surface area contributed by atoms with E-state index in [9.17, 15) is 9.59 Å². The molecule has 2 aliphatic carbocycles. The Morgan fingerprint density at radius 2 is 1.45 bits per heavy atom. The summed E-state index contributed by atoms with van der Waals surface area (Å²) in [6.45, 7) is 4.19. The van der Waals surface area contributed by atoms with Gasteiger partial charge in [0, 0.05) is 18.0 Å². The topological polar surface area (TPSA) is 57.6 Å². The zero-order valence-corrected chi connectivity index (χ0v) is 12.7. The van der Waals surface area contributed by atoms with Crippen LogP contribution in [0, 0.1) is 11.8 Å². The van der Waals surface area contributed by atoms with Crippen LogP contribution in [0.3, 0.4) is 0 Å².